The fourth-order valence-corrected chi connectivity index (χ4v) is 4.83. The number of H-pyrrole nitrogens is 1. The van der Waals surface area contributed by atoms with E-state index in [4.69, 9.17) is 4.98 Å². The summed E-state index contributed by atoms with van der Waals surface area (Å²) in [7, 11) is 0. The lowest BCUT2D eigenvalue weighted by molar-refractivity contribution is 0.960. The van der Waals surface area contributed by atoms with Crippen molar-refractivity contribution in [2.45, 2.75) is 0 Å². The predicted molar refractivity (Wildman–Crippen MR) is 124 cm³/mol. The number of nitrogens with zero attached hydrogens (tertiary/aromatic N) is 3. The van der Waals surface area contributed by atoms with E-state index >= 15 is 0 Å². The quantitative estimate of drug-likeness (QED) is 0.479. The molecule has 0 saturated carbocycles. The van der Waals surface area contributed by atoms with Gasteiger partial charge in [0.15, 0.2) is 0 Å². The van der Waals surface area contributed by atoms with Gasteiger partial charge in [0, 0.05) is 29.1 Å². The van der Waals surface area contributed by atoms with E-state index in [9.17, 15) is 0 Å². The van der Waals surface area contributed by atoms with Crippen LogP contribution in [-0.4, -0.2) is 47.8 Å². The van der Waals surface area contributed by atoms with Crippen LogP contribution in [0.25, 0.3) is 32.2 Å². The van der Waals surface area contributed by atoms with E-state index in [-0.39, 0.29) is 0 Å². The Morgan fingerprint density at radius 2 is 1.37 bits per heavy atom. The molecule has 6 rings (SSSR count). The van der Waals surface area contributed by atoms with E-state index in [1.807, 2.05) is 0 Å². The molecule has 2 aliphatic heterocycles. The number of nitrogens with one attached hydrogen (secondary N) is 3. The standard InChI is InChI=1S/C23H20N6S/c1-3-15(21-24-9-10-25-21)4-2-14(1)19-7-8-20(30-19)23-28-17-6-5-16(13-18(17)29-23)22-26-11-12-27-22/h1-8,13H,9-12H2,(H,24,25)(H,26,27)(H,28,29). The van der Waals surface area contributed by atoms with Crippen LogP contribution in [0.1, 0.15) is 11.1 Å². The van der Waals surface area contributed by atoms with Gasteiger partial charge < -0.3 is 15.6 Å². The van der Waals surface area contributed by atoms with Crippen molar-refractivity contribution in [3.8, 4) is 21.1 Å². The van der Waals surface area contributed by atoms with Crippen molar-refractivity contribution in [3.05, 3.63) is 65.7 Å². The molecule has 4 aromatic rings. The molecule has 148 valence electrons. The van der Waals surface area contributed by atoms with Crippen LogP contribution in [0.3, 0.4) is 0 Å². The average Bonchev–Trinajstić information content (AvgIpc) is 3.58. The van der Waals surface area contributed by atoms with E-state index in [0.717, 1.165) is 70.7 Å². The number of aliphatic imine (C=N–C) groups is 2. The molecule has 30 heavy (non-hydrogen) atoms. The first-order valence-corrected chi connectivity index (χ1v) is 10.9. The first-order chi connectivity index (χ1) is 14.8. The van der Waals surface area contributed by atoms with Gasteiger partial charge in [-0.05, 0) is 35.9 Å². The van der Waals surface area contributed by atoms with Gasteiger partial charge >= 0.3 is 0 Å². The molecule has 2 aromatic heterocycles. The lowest BCUT2D eigenvalue weighted by Gasteiger charge is -2.03. The number of benzene rings is 2. The summed E-state index contributed by atoms with van der Waals surface area (Å²) in [6.45, 7) is 3.53. The highest BCUT2D eigenvalue weighted by molar-refractivity contribution is 7.18. The molecule has 4 heterocycles. The number of amidine groups is 2. The summed E-state index contributed by atoms with van der Waals surface area (Å²) in [6.07, 6.45) is 0. The molecule has 0 amide bonds. The van der Waals surface area contributed by atoms with Crippen molar-refractivity contribution in [2.75, 3.05) is 26.2 Å². The summed E-state index contributed by atoms with van der Waals surface area (Å²) in [5.41, 5.74) is 5.45. The van der Waals surface area contributed by atoms with Crippen molar-refractivity contribution in [1.82, 2.24) is 20.6 Å². The minimum absolute atomic E-state index is 0.838. The zero-order valence-corrected chi connectivity index (χ0v) is 17.1. The highest BCUT2D eigenvalue weighted by Crippen LogP contribution is 2.34. The number of hydrogen-bond acceptors (Lipinski definition) is 6. The Hall–Kier alpha value is -3.45. The first kappa shape index (κ1) is 17.4. The van der Waals surface area contributed by atoms with Crippen molar-refractivity contribution in [3.63, 3.8) is 0 Å². The third-order valence-corrected chi connectivity index (χ3v) is 6.53. The van der Waals surface area contributed by atoms with Crippen LogP contribution in [0.4, 0.5) is 0 Å². The molecule has 3 N–H and O–H groups in total. The molecule has 0 spiro atoms. The molecule has 0 saturated heterocycles. The van der Waals surface area contributed by atoms with Gasteiger partial charge in [0.25, 0.3) is 0 Å². The monoisotopic (exact) mass is 412 g/mol. The lowest BCUT2D eigenvalue weighted by Crippen LogP contribution is -2.19. The number of rotatable bonds is 4. The Kier molecular flexibility index (Phi) is 4.12. The fourth-order valence-electron chi connectivity index (χ4n) is 3.87. The smallest absolute Gasteiger partial charge is 0.148 e. The molecule has 0 aliphatic carbocycles. The van der Waals surface area contributed by atoms with E-state index in [1.54, 1.807) is 11.3 Å². The third-order valence-electron chi connectivity index (χ3n) is 5.39. The minimum Gasteiger partial charge on any atom is -0.368 e. The van der Waals surface area contributed by atoms with Crippen molar-refractivity contribution < 1.29 is 0 Å². The van der Waals surface area contributed by atoms with Crippen LogP contribution in [0.5, 0.6) is 0 Å². The van der Waals surface area contributed by atoms with Crippen molar-refractivity contribution in [1.29, 1.82) is 0 Å². The zero-order valence-electron chi connectivity index (χ0n) is 16.3. The number of aromatic nitrogens is 2. The molecular formula is C23H20N6S. The second-order valence-electron chi connectivity index (χ2n) is 7.37. The summed E-state index contributed by atoms with van der Waals surface area (Å²) in [5.74, 6) is 2.86. The highest BCUT2D eigenvalue weighted by Gasteiger charge is 2.13. The van der Waals surface area contributed by atoms with Crippen molar-refractivity contribution >= 4 is 34.0 Å². The first-order valence-electron chi connectivity index (χ1n) is 10.1. The summed E-state index contributed by atoms with van der Waals surface area (Å²) >= 11 is 1.75. The zero-order chi connectivity index (χ0) is 19.9. The van der Waals surface area contributed by atoms with E-state index in [2.05, 4.69) is 80.2 Å². The summed E-state index contributed by atoms with van der Waals surface area (Å²) < 4.78 is 0. The van der Waals surface area contributed by atoms with Gasteiger partial charge in [0.05, 0.1) is 29.0 Å². The maximum atomic E-state index is 4.79. The molecule has 6 nitrogen and oxygen atoms in total. The maximum absolute atomic E-state index is 4.79. The number of imidazole rings is 1. The van der Waals surface area contributed by atoms with E-state index in [1.165, 1.54) is 10.4 Å². The number of thiophene rings is 1. The molecule has 2 aromatic carbocycles. The second-order valence-corrected chi connectivity index (χ2v) is 8.46. The Balaban J connectivity index is 1.28. The largest absolute Gasteiger partial charge is 0.368 e. The van der Waals surface area contributed by atoms with Crippen LogP contribution < -0.4 is 10.6 Å². The average molecular weight is 413 g/mol. The van der Waals surface area contributed by atoms with Crippen LogP contribution in [0.2, 0.25) is 0 Å². The van der Waals surface area contributed by atoms with Gasteiger partial charge in [0.2, 0.25) is 0 Å². The Labute approximate surface area is 177 Å². The molecule has 0 fully saturated rings. The van der Waals surface area contributed by atoms with E-state index < -0.39 is 0 Å². The predicted octanol–water partition coefficient (Wildman–Crippen LogP) is 3.66. The Morgan fingerprint density at radius 1 is 0.700 bits per heavy atom. The number of hydrogen-bond donors (Lipinski definition) is 3. The number of fused-ring (bicyclic) bond motifs is 1. The molecule has 0 radical (unpaired) electrons. The summed E-state index contributed by atoms with van der Waals surface area (Å²) in [6, 6.07) is 19.1. The van der Waals surface area contributed by atoms with Gasteiger partial charge in [-0.3, -0.25) is 9.98 Å². The summed E-state index contributed by atoms with van der Waals surface area (Å²) in [4.78, 5) is 19.6. The van der Waals surface area contributed by atoms with Gasteiger partial charge in [-0.2, -0.15) is 0 Å². The van der Waals surface area contributed by atoms with Crippen LogP contribution in [0, 0.1) is 0 Å². The van der Waals surface area contributed by atoms with Gasteiger partial charge in [-0.15, -0.1) is 11.3 Å². The SMILES string of the molecule is c1cc(-c2ccc(-c3nc4ccc(C5=NCCN5)cc4[nH]3)s2)ccc1C1=NCCN1. The normalized spacial score (nSPS) is 15.7. The van der Waals surface area contributed by atoms with Gasteiger partial charge in [-0.25, -0.2) is 4.98 Å². The van der Waals surface area contributed by atoms with Crippen LogP contribution in [-0.2, 0) is 0 Å². The molecule has 2 aliphatic rings. The van der Waals surface area contributed by atoms with Gasteiger partial charge in [-0.1, -0.05) is 24.3 Å². The molecule has 0 atom stereocenters. The Bertz CT molecular complexity index is 1290. The highest BCUT2D eigenvalue weighted by atomic mass is 32.1. The topological polar surface area (TPSA) is 77.5 Å². The fraction of sp³-hybridized carbons (Fsp3) is 0.174. The van der Waals surface area contributed by atoms with Gasteiger partial charge in [0.1, 0.15) is 17.5 Å². The molecule has 7 heteroatoms. The summed E-state index contributed by atoms with van der Waals surface area (Å²) in [5, 5.41) is 6.65. The third kappa shape index (κ3) is 3.07. The molecular weight excluding hydrogens is 392 g/mol. The van der Waals surface area contributed by atoms with Crippen LogP contribution in [0.15, 0.2) is 64.6 Å². The number of aromatic amines is 1. The lowest BCUT2D eigenvalue weighted by atomic mass is 10.1. The van der Waals surface area contributed by atoms with Crippen molar-refractivity contribution in [2.24, 2.45) is 9.98 Å². The minimum atomic E-state index is 0.838. The van der Waals surface area contributed by atoms with Crippen LogP contribution >= 0.6 is 11.3 Å². The van der Waals surface area contributed by atoms with E-state index in [0.29, 0.717) is 0 Å². The Morgan fingerprint density at radius 3 is 2.10 bits per heavy atom. The molecule has 0 bridgehead atoms. The molecule has 0 unspecified atom stereocenters. The second kappa shape index (κ2) is 7.11. The maximum Gasteiger partial charge on any atom is 0.148 e.